The molecule has 5 nitrogen and oxygen atoms in total. The van der Waals surface area contributed by atoms with E-state index in [0.29, 0.717) is 23.6 Å². The molecule has 5 heteroatoms. The van der Waals surface area contributed by atoms with Crippen LogP contribution in [0.2, 0.25) is 0 Å². The van der Waals surface area contributed by atoms with Crippen LogP contribution in [0.15, 0.2) is 24.3 Å². The van der Waals surface area contributed by atoms with Crippen molar-refractivity contribution in [1.82, 2.24) is 9.80 Å². The number of carbonyl (C=O) groups is 1. The number of hydrogen-bond donors (Lipinski definition) is 0. The van der Waals surface area contributed by atoms with Gasteiger partial charge >= 0.3 is 0 Å². The number of carbonyl (C=O) groups excluding carboxylic acids is 1. The lowest BCUT2D eigenvalue weighted by atomic mass is 10.1. The maximum atomic E-state index is 12.4. The molecule has 120 valence electrons. The molecule has 0 spiro atoms. The Balaban J connectivity index is 1.58. The van der Waals surface area contributed by atoms with E-state index in [1.54, 1.807) is 7.11 Å². The van der Waals surface area contributed by atoms with Crippen LogP contribution in [0, 0.1) is 0 Å². The Kier molecular flexibility index (Phi) is 4.52. The summed E-state index contributed by atoms with van der Waals surface area (Å²) in [6.07, 6.45) is 3.52. The average Bonchev–Trinajstić information content (AvgIpc) is 2.78. The van der Waals surface area contributed by atoms with Gasteiger partial charge in [0.1, 0.15) is 0 Å². The van der Waals surface area contributed by atoms with E-state index < -0.39 is 0 Å². The Hall–Kier alpha value is -1.75. The Bertz CT molecular complexity index is 534. The van der Waals surface area contributed by atoms with E-state index in [4.69, 9.17) is 9.47 Å². The molecule has 2 fully saturated rings. The first-order valence-electron chi connectivity index (χ1n) is 7.94. The standard InChI is InChI=1S/C17H24N2O3/c1-18-13-7-8-14(18)11-19(10-9-13)17(20)12-22-16-6-4-3-5-15(16)21-2/h3-6,13-14H,7-12H2,1-2H3. The zero-order valence-corrected chi connectivity index (χ0v) is 13.3. The second-order valence-electron chi connectivity index (χ2n) is 6.12. The van der Waals surface area contributed by atoms with Gasteiger partial charge in [-0.15, -0.1) is 0 Å². The van der Waals surface area contributed by atoms with Crippen LogP contribution in [-0.2, 0) is 4.79 Å². The first kappa shape index (κ1) is 15.2. The van der Waals surface area contributed by atoms with Crippen LogP contribution in [0.3, 0.4) is 0 Å². The minimum atomic E-state index is 0.0619. The van der Waals surface area contributed by atoms with Gasteiger partial charge in [-0.25, -0.2) is 0 Å². The lowest BCUT2D eigenvalue weighted by molar-refractivity contribution is -0.133. The lowest BCUT2D eigenvalue weighted by Gasteiger charge is -2.25. The number of rotatable bonds is 4. The van der Waals surface area contributed by atoms with Crippen molar-refractivity contribution in [3.63, 3.8) is 0 Å². The van der Waals surface area contributed by atoms with Gasteiger partial charge < -0.3 is 14.4 Å². The van der Waals surface area contributed by atoms with Gasteiger partial charge in [-0.05, 0) is 38.4 Å². The minimum absolute atomic E-state index is 0.0619. The van der Waals surface area contributed by atoms with E-state index in [1.807, 2.05) is 29.2 Å². The van der Waals surface area contributed by atoms with Crippen molar-refractivity contribution < 1.29 is 14.3 Å². The first-order valence-corrected chi connectivity index (χ1v) is 7.94. The minimum Gasteiger partial charge on any atom is -0.493 e. The average molecular weight is 304 g/mol. The molecule has 2 heterocycles. The molecule has 1 amide bonds. The van der Waals surface area contributed by atoms with Crippen LogP contribution in [0.4, 0.5) is 0 Å². The van der Waals surface area contributed by atoms with Crippen LogP contribution in [0.25, 0.3) is 0 Å². The molecular formula is C17H24N2O3. The van der Waals surface area contributed by atoms with E-state index in [2.05, 4.69) is 11.9 Å². The lowest BCUT2D eigenvalue weighted by Crippen LogP contribution is -2.41. The topological polar surface area (TPSA) is 42.0 Å². The fourth-order valence-corrected chi connectivity index (χ4v) is 3.50. The molecule has 2 atom stereocenters. The summed E-state index contributed by atoms with van der Waals surface area (Å²) in [6, 6.07) is 8.56. The molecule has 0 N–H and O–H groups in total. The summed E-state index contributed by atoms with van der Waals surface area (Å²) in [4.78, 5) is 16.8. The highest BCUT2D eigenvalue weighted by Crippen LogP contribution is 2.29. The molecule has 2 bridgehead atoms. The van der Waals surface area contributed by atoms with Gasteiger partial charge in [-0.3, -0.25) is 9.69 Å². The molecule has 3 rings (SSSR count). The number of fused-ring (bicyclic) bond motifs is 2. The van der Waals surface area contributed by atoms with Gasteiger partial charge in [0.15, 0.2) is 18.1 Å². The van der Waals surface area contributed by atoms with Crippen LogP contribution in [0.1, 0.15) is 19.3 Å². The number of nitrogens with zero attached hydrogens (tertiary/aromatic N) is 2. The molecule has 2 saturated heterocycles. The Morgan fingerprint density at radius 3 is 2.68 bits per heavy atom. The Labute approximate surface area is 131 Å². The van der Waals surface area contributed by atoms with Gasteiger partial charge in [0.25, 0.3) is 5.91 Å². The third kappa shape index (κ3) is 3.04. The number of benzene rings is 1. The third-order valence-corrected chi connectivity index (χ3v) is 4.92. The second-order valence-corrected chi connectivity index (χ2v) is 6.12. The number of ether oxygens (including phenoxy) is 2. The Morgan fingerprint density at radius 2 is 1.91 bits per heavy atom. The molecule has 22 heavy (non-hydrogen) atoms. The number of amides is 1. The molecule has 2 aliphatic heterocycles. The van der Waals surface area contributed by atoms with Crippen LogP contribution in [-0.4, -0.2) is 61.6 Å². The molecule has 0 aromatic heterocycles. The molecule has 0 saturated carbocycles. The number of hydrogen-bond acceptors (Lipinski definition) is 4. The van der Waals surface area contributed by atoms with E-state index in [1.165, 1.54) is 12.8 Å². The van der Waals surface area contributed by atoms with Crippen LogP contribution in [0.5, 0.6) is 11.5 Å². The molecule has 1 aromatic rings. The van der Waals surface area contributed by atoms with Gasteiger partial charge in [0, 0.05) is 25.2 Å². The summed E-state index contributed by atoms with van der Waals surface area (Å²) >= 11 is 0. The van der Waals surface area contributed by atoms with E-state index in [9.17, 15) is 4.79 Å². The second kappa shape index (κ2) is 6.57. The fourth-order valence-electron chi connectivity index (χ4n) is 3.50. The van der Waals surface area contributed by atoms with Crippen molar-refractivity contribution in [2.24, 2.45) is 0 Å². The third-order valence-electron chi connectivity index (χ3n) is 4.92. The quantitative estimate of drug-likeness (QED) is 0.850. The highest BCUT2D eigenvalue weighted by Gasteiger charge is 2.35. The summed E-state index contributed by atoms with van der Waals surface area (Å²) in [5, 5.41) is 0. The number of para-hydroxylation sites is 2. The zero-order valence-electron chi connectivity index (χ0n) is 13.3. The van der Waals surface area contributed by atoms with Crippen LogP contribution < -0.4 is 9.47 Å². The molecule has 2 aliphatic rings. The normalized spacial score (nSPS) is 24.9. The number of methoxy groups -OCH3 is 1. The maximum Gasteiger partial charge on any atom is 0.260 e. The SMILES string of the molecule is COc1ccccc1OCC(=O)N1CCC2CCC(C1)N2C. The van der Waals surface area contributed by atoms with Crippen molar-refractivity contribution >= 4 is 5.91 Å². The van der Waals surface area contributed by atoms with Crippen molar-refractivity contribution in [3.8, 4) is 11.5 Å². The molecule has 0 radical (unpaired) electrons. The molecule has 0 aliphatic carbocycles. The number of likely N-dealkylation sites (tertiary alicyclic amines) is 1. The first-order chi connectivity index (χ1) is 10.7. The summed E-state index contributed by atoms with van der Waals surface area (Å²) < 4.78 is 10.9. The summed E-state index contributed by atoms with van der Waals surface area (Å²) in [5.74, 6) is 1.34. The predicted octanol–water partition coefficient (Wildman–Crippen LogP) is 1.77. The largest absolute Gasteiger partial charge is 0.493 e. The molecular weight excluding hydrogens is 280 g/mol. The predicted molar refractivity (Wildman–Crippen MR) is 84.3 cm³/mol. The van der Waals surface area contributed by atoms with Gasteiger partial charge in [0.2, 0.25) is 0 Å². The van der Waals surface area contributed by atoms with Crippen LogP contribution >= 0.6 is 0 Å². The summed E-state index contributed by atoms with van der Waals surface area (Å²) in [6.45, 7) is 1.72. The van der Waals surface area contributed by atoms with Gasteiger partial charge in [-0.1, -0.05) is 12.1 Å². The summed E-state index contributed by atoms with van der Waals surface area (Å²) in [5.41, 5.74) is 0. The molecule has 1 aromatic carbocycles. The molecule has 2 unspecified atom stereocenters. The van der Waals surface area contributed by atoms with E-state index in [0.717, 1.165) is 19.5 Å². The smallest absolute Gasteiger partial charge is 0.260 e. The van der Waals surface area contributed by atoms with Crippen molar-refractivity contribution in [2.75, 3.05) is 33.9 Å². The van der Waals surface area contributed by atoms with Gasteiger partial charge in [0.05, 0.1) is 7.11 Å². The van der Waals surface area contributed by atoms with Gasteiger partial charge in [-0.2, -0.15) is 0 Å². The van der Waals surface area contributed by atoms with Crippen molar-refractivity contribution in [3.05, 3.63) is 24.3 Å². The van der Waals surface area contributed by atoms with Crippen molar-refractivity contribution in [2.45, 2.75) is 31.3 Å². The fraction of sp³-hybridized carbons (Fsp3) is 0.588. The maximum absolute atomic E-state index is 12.4. The highest BCUT2D eigenvalue weighted by molar-refractivity contribution is 5.78. The summed E-state index contributed by atoms with van der Waals surface area (Å²) in [7, 11) is 3.78. The Morgan fingerprint density at radius 1 is 1.18 bits per heavy atom. The monoisotopic (exact) mass is 304 g/mol. The van der Waals surface area contributed by atoms with E-state index >= 15 is 0 Å². The highest BCUT2D eigenvalue weighted by atomic mass is 16.5. The zero-order chi connectivity index (χ0) is 15.5. The number of likely N-dealkylation sites (N-methyl/N-ethyl adjacent to an activating group) is 1. The van der Waals surface area contributed by atoms with E-state index in [-0.39, 0.29) is 12.5 Å². The van der Waals surface area contributed by atoms with Crippen molar-refractivity contribution in [1.29, 1.82) is 0 Å².